The SMILES string of the molecule is C=CC(=O)OCCOCCOCCOc1ccc(C(=O)Oc2ccc(-c3ccc(OC)cc3)cc2)cc1.CCC(C)C(=O)OCCOCCOCCOc1ccc(C(=O)Oc2ccc(-c3ccc(OC)cc3)cc2)cc1.P. The molecule has 0 saturated carbocycles. The van der Waals surface area contributed by atoms with Gasteiger partial charge in [0, 0.05) is 6.08 Å². The Hall–Kier alpha value is -7.59. The van der Waals surface area contributed by atoms with E-state index in [9.17, 15) is 19.2 Å². The number of carbonyl (C=O) groups is 4. The van der Waals surface area contributed by atoms with Gasteiger partial charge in [0.15, 0.2) is 0 Å². The average molecular weight is 1080 g/mol. The minimum Gasteiger partial charge on any atom is -0.497 e. The van der Waals surface area contributed by atoms with Crippen LogP contribution in [0.5, 0.6) is 34.5 Å². The van der Waals surface area contributed by atoms with Crippen molar-refractivity contribution in [3.63, 3.8) is 0 Å². The van der Waals surface area contributed by atoms with E-state index in [0.29, 0.717) is 100 Å². The normalized spacial score (nSPS) is 10.8. The van der Waals surface area contributed by atoms with Gasteiger partial charge in [-0.2, -0.15) is 9.90 Å². The Balaban J connectivity index is 0.000000329. The summed E-state index contributed by atoms with van der Waals surface area (Å²) in [6, 6.07) is 43.6. The molecular weight excluding hydrogens is 1010 g/mol. The zero-order valence-corrected chi connectivity index (χ0v) is 45.6. The van der Waals surface area contributed by atoms with Crippen LogP contribution in [-0.4, -0.2) is 117 Å². The topological polar surface area (TPSA) is 179 Å². The molecular formula is C60H69O16P. The third-order valence-electron chi connectivity index (χ3n) is 11.0. The van der Waals surface area contributed by atoms with Crippen LogP contribution in [0.15, 0.2) is 158 Å². The van der Waals surface area contributed by atoms with Crippen molar-refractivity contribution in [2.45, 2.75) is 20.3 Å². The molecule has 0 saturated heterocycles. The lowest BCUT2D eigenvalue weighted by molar-refractivity contribution is -0.149. The van der Waals surface area contributed by atoms with E-state index < -0.39 is 17.9 Å². The number of ether oxygens (including phenoxy) is 12. The lowest BCUT2D eigenvalue weighted by Gasteiger charge is -2.10. The molecule has 6 rings (SSSR count). The van der Waals surface area contributed by atoms with Crippen LogP contribution >= 0.6 is 9.90 Å². The number of rotatable bonds is 31. The van der Waals surface area contributed by atoms with E-state index in [-0.39, 0.29) is 35.0 Å². The fourth-order valence-electron chi connectivity index (χ4n) is 6.56. The molecule has 410 valence electrons. The maximum atomic E-state index is 12.5. The Morgan fingerprint density at radius 1 is 0.416 bits per heavy atom. The van der Waals surface area contributed by atoms with E-state index in [1.807, 2.05) is 86.6 Å². The average Bonchev–Trinajstić information content (AvgIpc) is 3.46. The summed E-state index contributed by atoms with van der Waals surface area (Å²) in [6.07, 6.45) is 1.86. The van der Waals surface area contributed by atoms with Gasteiger partial charge < -0.3 is 56.8 Å². The maximum absolute atomic E-state index is 12.5. The monoisotopic (exact) mass is 1080 g/mol. The van der Waals surface area contributed by atoms with Gasteiger partial charge in [-0.3, -0.25) is 4.79 Å². The molecule has 0 radical (unpaired) electrons. The van der Waals surface area contributed by atoms with Gasteiger partial charge in [-0.05, 0) is 126 Å². The summed E-state index contributed by atoms with van der Waals surface area (Å²) in [5.74, 6) is 2.09. The van der Waals surface area contributed by atoms with Crippen molar-refractivity contribution in [2.75, 3.05) is 93.5 Å². The van der Waals surface area contributed by atoms with Gasteiger partial charge >= 0.3 is 23.9 Å². The first-order valence-corrected chi connectivity index (χ1v) is 24.7. The second-order valence-corrected chi connectivity index (χ2v) is 16.3. The standard InChI is InChI=1S/C31H36O8.C29H30O8.H3P/c1-4-23(2)30(32)38-22-20-36-18-17-35-19-21-37-28-13-9-26(10-14-28)31(33)39-29-15-7-25(8-16-29)24-5-11-27(34-3)12-6-24;1-3-28(30)36-21-19-34-17-16-33-18-20-35-26-12-8-24(9-13-26)29(31)37-27-14-6-23(7-15-27)22-4-10-25(32-2)11-5-22;/h5-16,23H,4,17-22H2,1-3H3;3-15H,1,16-21H2,2H3;1H3. The van der Waals surface area contributed by atoms with Crippen molar-refractivity contribution in [2.24, 2.45) is 5.92 Å². The van der Waals surface area contributed by atoms with E-state index in [4.69, 9.17) is 56.8 Å². The van der Waals surface area contributed by atoms with Crippen LogP contribution in [0, 0.1) is 5.92 Å². The highest BCUT2D eigenvalue weighted by Crippen LogP contribution is 2.27. The third-order valence-corrected chi connectivity index (χ3v) is 11.0. The van der Waals surface area contributed by atoms with Crippen molar-refractivity contribution < 1.29 is 76.0 Å². The van der Waals surface area contributed by atoms with E-state index in [1.165, 1.54) is 0 Å². The fourth-order valence-corrected chi connectivity index (χ4v) is 6.56. The molecule has 17 heteroatoms. The maximum Gasteiger partial charge on any atom is 0.343 e. The van der Waals surface area contributed by atoms with E-state index in [2.05, 4.69) is 6.58 Å². The number of hydrogen-bond acceptors (Lipinski definition) is 16. The van der Waals surface area contributed by atoms with Crippen molar-refractivity contribution in [1.82, 2.24) is 0 Å². The summed E-state index contributed by atoms with van der Waals surface area (Å²) in [5, 5.41) is 0. The third kappa shape index (κ3) is 23.0. The second kappa shape index (κ2) is 35.6. The molecule has 16 nitrogen and oxygen atoms in total. The molecule has 6 aromatic carbocycles. The number of methoxy groups -OCH3 is 2. The molecule has 0 spiro atoms. The molecule has 0 bridgehead atoms. The number of esters is 4. The predicted molar refractivity (Wildman–Crippen MR) is 297 cm³/mol. The van der Waals surface area contributed by atoms with Gasteiger partial charge in [-0.15, -0.1) is 0 Å². The molecule has 77 heavy (non-hydrogen) atoms. The summed E-state index contributed by atoms with van der Waals surface area (Å²) >= 11 is 0. The zero-order valence-electron chi connectivity index (χ0n) is 44.1. The van der Waals surface area contributed by atoms with Crippen molar-refractivity contribution in [1.29, 1.82) is 0 Å². The highest BCUT2D eigenvalue weighted by atomic mass is 31.0. The molecule has 2 unspecified atom stereocenters. The van der Waals surface area contributed by atoms with Crippen molar-refractivity contribution in [3.05, 3.63) is 169 Å². The van der Waals surface area contributed by atoms with E-state index in [1.54, 1.807) is 87.0 Å². The van der Waals surface area contributed by atoms with Gasteiger partial charge in [0.05, 0.1) is 84.1 Å². The minimum atomic E-state index is -0.474. The van der Waals surface area contributed by atoms with Crippen LogP contribution in [-0.2, 0) is 38.0 Å². The predicted octanol–water partition coefficient (Wildman–Crippen LogP) is 10.4. The van der Waals surface area contributed by atoms with Crippen molar-refractivity contribution in [3.8, 4) is 56.8 Å². The lowest BCUT2D eigenvalue weighted by Crippen LogP contribution is -2.18. The first kappa shape index (κ1) is 62.0. The van der Waals surface area contributed by atoms with Crippen LogP contribution in [0.3, 0.4) is 0 Å². The fraction of sp³-hybridized carbons (Fsp3) is 0.300. The van der Waals surface area contributed by atoms with Gasteiger partial charge in [0.25, 0.3) is 0 Å². The number of carbonyl (C=O) groups excluding carboxylic acids is 4. The van der Waals surface area contributed by atoms with Crippen LogP contribution in [0.4, 0.5) is 0 Å². The van der Waals surface area contributed by atoms with Crippen LogP contribution in [0.1, 0.15) is 41.0 Å². The summed E-state index contributed by atoms with van der Waals surface area (Å²) in [7, 11) is 3.26. The molecule has 0 heterocycles. The van der Waals surface area contributed by atoms with Gasteiger partial charge in [0.2, 0.25) is 0 Å². The molecule has 0 fully saturated rings. The Bertz CT molecular complexity index is 2640. The summed E-state index contributed by atoms with van der Waals surface area (Å²) in [4.78, 5) is 47.4. The van der Waals surface area contributed by atoms with E-state index in [0.717, 1.165) is 46.2 Å². The second-order valence-electron chi connectivity index (χ2n) is 16.3. The molecule has 0 aromatic heterocycles. The highest BCUT2D eigenvalue weighted by molar-refractivity contribution is 6.92. The summed E-state index contributed by atoms with van der Waals surface area (Å²) in [6.45, 7) is 11.2. The molecule has 0 amide bonds. The summed E-state index contributed by atoms with van der Waals surface area (Å²) < 4.78 is 64.1. The minimum absolute atomic E-state index is 0. The molecule has 0 N–H and O–H groups in total. The molecule has 0 aliphatic heterocycles. The number of hydrogen-bond donors (Lipinski definition) is 0. The first-order chi connectivity index (χ1) is 37.1. The van der Waals surface area contributed by atoms with Gasteiger partial charge in [0.1, 0.15) is 60.9 Å². The molecule has 0 aliphatic rings. The van der Waals surface area contributed by atoms with E-state index >= 15 is 0 Å². The summed E-state index contributed by atoms with van der Waals surface area (Å²) in [5.41, 5.74) is 4.93. The molecule has 2 atom stereocenters. The smallest absolute Gasteiger partial charge is 0.343 e. The Kier molecular flexibility index (Phi) is 28.7. The van der Waals surface area contributed by atoms with Crippen molar-refractivity contribution >= 4 is 33.8 Å². The van der Waals surface area contributed by atoms with Gasteiger partial charge in [-0.1, -0.05) is 69.0 Å². The quantitative estimate of drug-likeness (QED) is 0.0132. The molecule has 6 aromatic rings. The van der Waals surface area contributed by atoms with Gasteiger partial charge in [-0.25, -0.2) is 14.4 Å². The Morgan fingerprint density at radius 2 is 0.714 bits per heavy atom. The van der Waals surface area contributed by atoms with Crippen LogP contribution < -0.4 is 28.4 Å². The van der Waals surface area contributed by atoms with Crippen LogP contribution in [0.2, 0.25) is 0 Å². The Labute approximate surface area is 454 Å². The number of benzene rings is 6. The largest absolute Gasteiger partial charge is 0.497 e. The first-order valence-electron chi connectivity index (χ1n) is 24.7. The van der Waals surface area contributed by atoms with Crippen LogP contribution in [0.25, 0.3) is 22.3 Å². The molecule has 0 aliphatic carbocycles. The zero-order chi connectivity index (χ0) is 54.2. The highest BCUT2D eigenvalue weighted by Gasteiger charge is 2.13. The Morgan fingerprint density at radius 3 is 1.04 bits per heavy atom. The lowest BCUT2D eigenvalue weighted by atomic mass is 10.1.